The fourth-order valence-electron chi connectivity index (χ4n) is 3.52. The second-order valence-electron chi connectivity index (χ2n) is 7.33. The molecule has 33 heavy (non-hydrogen) atoms. The number of carbonyl (C=O) groups excluding carboxylic acids is 1. The topological polar surface area (TPSA) is 70.6 Å². The van der Waals surface area contributed by atoms with E-state index in [9.17, 15) is 9.18 Å². The SMILES string of the molecule is COc1ccc(Cl)cc1NC(=O)CSc1nccc(N2CCN(c3ccc(F)cc3)CC2)n1. The van der Waals surface area contributed by atoms with Crippen LogP contribution in [0.2, 0.25) is 5.02 Å². The van der Waals surface area contributed by atoms with Gasteiger partial charge in [-0.25, -0.2) is 14.4 Å². The summed E-state index contributed by atoms with van der Waals surface area (Å²) in [6, 6.07) is 13.5. The van der Waals surface area contributed by atoms with Gasteiger partial charge in [0.15, 0.2) is 5.16 Å². The number of thioether (sulfide) groups is 1. The molecular weight excluding hydrogens is 465 g/mol. The van der Waals surface area contributed by atoms with Crippen molar-refractivity contribution in [2.75, 3.05) is 54.2 Å². The van der Waals surface area contributed by atoms with Crippen LogP contribution in [0.3, 0.4) is 0 Å². The predicted molar refractivity (Wildman–Crippen MR) is 130 cm³/mol. The molecule has 10 heteroatoms. The number of aromatic nitrogens is 2. The zero-order valence-electron chi connectivity index (χ0n) is 18.0. The highest BCUT2D eigenvalue weighted by Crippen LogP contribution is 2.28. The van der Waals surface area contributed by atoms with Gasteiger partial charge < -0.3 is 19.9 Å². The molecule has 0 aliphatic carbocycles. The minimum Gasteiger partial charge on any atom is -0.495 e. The normalized spacial score (nSPS) is 13.7. The molecule has 172 valence electrons. The van der Waals surface area contributed by atoms with Crippen molar-refractivity contribution < 1.29 is 13.9 Å². The van der Waals surface area contributed by atoms with E-state index in [-0.39, 0.29) is 17.5 Å². The van der Waals surface area contributed by atoms with Gasteiger partial charge in [-0.15, -0.1) is 0 Å². The van der Waals surface area contributed by atoms with E-state index in [0.717, 1.165) is 37.7 Å². The lowest BCUT2D eigenvalue weighted by molar-refractivity contribution is -0.113. The fourth-order valence-corrected chi connectivity index (χ4v) is 4.32. The summed E-state index contributed by atoms with van der Waals surface area (Å²) >= 11 is 7.28. The number of nitrogens with one attached hydrogen (secondary N) is 1. The maximum atomic E-state index is 13.2. The van der Waals surface area contributed by atoms with Gasteiger partial charge in [-0.3, -0.25) is 4.79 Å². The van der Waals surface area contributed by atoms with Crippen molar-refractivity contribution in [3.63, 3.8) is 0 Å². The second-order valence-corrected chi connectivity index (χ2v) is 8.71. The monoisotopic (exact) mass is 487 g/mol. The number of hydrogen-bond donors (Lipinski definition) is 1. The Morgan fingerprint density at radius 2 is 1.85 bits per heavy atom. The maximum absolute atomic E-state index is 13.2. The van der Waals surface area contributed by atoms with Crippen molar-refractivity contribution in [3.8, 4) is 5.75 Å². The molecule has 1 aliphatic rings. The van der Waals surface area contributed by atoms with E-state index in [1.165, 1.54) is 31.0 Å². The number of carbonyl (C=O) groups is 1. The quantitative estimate of drug-likeness (QED) is 0.392. The molecule has 1 aliphatic heterocycles. The molecule has 0 saturated carbocycles. The molecule has 1 aromatic heterocycles. The van der Waals surface area contributed by atoms with Gasteiger partial charge in [0.1, 0.15) is 17.4 Å². The lowest BCUT2D eigenvalue weighted by Crippen LogP contribution is -2.46. The summed E-state index contributed by atoms with van der Waals surface area (Å²) in [5.41, 5.74) is 1.53. The first-order chi connectivity index (χ1) is 16.0. The number of piperazine rings is 1. The van der Waals surface area contributed by atoms with Crippen LogP contribution in [0.4, 0.5) is 21.6 Å². The van der Waals surface area contributed by atoms with E-state index in [1.54, 1.807) is 36.5 Å². The van der Waals surface area contributed by atoms with E-state index >= 15 is 0 Å². The van der Waals surface area contributed by atoms with Gasteiger partial charge in [-0.2, -0.15) is 0 Å². The fraction of sp³-hybridized carbons (Fsp3) is 0.261. The Kier molecular flexibility index (Phi) is 7.51. The molecule has 2 heterocycles. The summed E-state index contributed by atoms with van der Waals surface area (Å²) in [5.74, 6) is 1.07. The van der Waals surface area contributed by atoms with E-state index in [1.807, 2.05) is 6.07 Å². The number of benzene rings is 2. The number of rotatable bonds is 7. The number of amides is 1. The second kappa shape index (κ2) is 10.7. The van der Waals surface area contributed by atoms with E-state index < -0.39 is 0 Å². The summed E-state index contributed by atoms with van der Waals surface area (Å²) < 4.78 is 18.4. The average molecular weight is 488 g/mol. The summed E-state index contributed by atoms with van der Waals surface area (Å²) in [5, 5.41) is 3.85. The highest BCUT2D eigenvalue weighted by atomic mass is 35.5. The van der Waals surface area contributed by atoms with Gasteiger partial charge in [0.05, 0.1) is 18.6 Å². The number of halogens is 2. The number of hydrogen-bond acceptors (Lipinski definition) is 7. The molecule has 0 bridgehead atoms. The van der Waals surface area contributed by atoms with Crippen LogP contribution in [0.5, 0.6) is 5.75 Å². The van der Waals surface area contributed by atoms with Crippen LogP contribution >= 0.6 is 23.4 Å². The molecule has 0 spiro atoms. The molecule has 2 aromatic carbocycles. The summed E-state index contributed by atoms with van der Waals surface area (Å²) in [4.78, 5) is 25.7. The molecule has 1 amide bonds. The predicted octanol–water partition coefficient (Wildman–Crippen LogP) is 4.34. The van der Waals surface area contributed by atoms with Crippen molar-refractivity contribution in [1.82, 2.24) is 9.97 Å². The Labute approximate surface area is 200 Å². The molecular formula is C23H23ClFN5O2S. The van der Waals surface area contributed by atoms with Gasteiger partial charge in [0.25, 0.3) is 0 Å². The van der Waals surface area contributed by atoms with Gasteiger partial charge in [0.2, 0.25) is 5.91 Å². The Bertz CT molecular complexity index is 1110. The minimum absolute atomic E-state index is 0.150. The van der Waals surface area contributed by atoms with Crippen LogP contribution in [0.1, 0.15) is 0 Å². The van der Waals surface area contributed by atoms with Crippen LogP contribution < -0.4 is 19.9 Å². The van der Waals surface area contributed by atoms with Gasteiger partial charge in [-0.05, 0) is 48.5 Å². The summed E-state index contributed by atoms with van der Waals surface area (Å²) in [6.07, 6.45) is 1.70. The van der Waals surface area contributed by atoms with Crippen LogP contribution in [-0.2, 0) is 4.79 Å². The number of methoxy groups -OCH3 is 1. The zero-order chi connectivity index (χ0) is 23.2. The summed E-state index contributed by atoms with van der Waals surface area (Å²) in [7, 11) is 1.53. The van der Waals surface area contributed by atoms with Crippen LogP contribution in [0, 0.1) is 5.82 Å². The Balaban J connectivity index is 1.31. The first-order valence-corrected chi connectivity index (χ1v) is 11.7. The average Bonchev–Trinajstić information content (AvgIpc) is 2.84. The molecule has 3 aromatic rings. The van der Waals surface area contributed by atoms with Crippen molar-refractivity contribution in [3.05, 3.63) is 65.6 Å². The minimum atomic E-state index is -0.233. The third kappa shape index (κ3) is 6.06. The number of ether oxygens (including phenoxy) is 1. The van der Waals surface area contributed by atoms with Gasteiger partial charge >= 0.3 is 0 Å². The highest BCUT2D eigenvalue weighted by Gasteiger charge is 2.19. The van der Waals surface area contributed by atoms with E-state index in [0.29, 0.717) is 21.6 Å². The lowest BCUT2D eigenvalue weighted by Gasteiger charge is -2.36. The van der Waals surface area contributed by atoms with Gasteiger partial charge in [-0.1, -0.05) is 23.4 Å². The Morgan fingerprint density at radius 1 is 1.12 bits per heavy atom. The van der Waals surface area contributed by atoms with Gasteiger partial charge in [0, 0.05) is 43.1 Å². The molecule has 0 radical (unpaired) electrons. The first kappa shape index (κ1) is 23.1. The molecule has 7 nitrogen and oxygen atoms in total. The standard InChI is InChI=1S/C23H23ClFN5O2S/c1-32-20-7-2-16(24)14-19(20)27-22(31)15-33-23-26-9-8-21(28-23)30-12-10-29(11-13-30)18-5-3-17(25)4-6-18/h2-9,14H,10-13,15H2,1H3,(H,27,31). The third-order valence-electron chi connectivity index (χ3n) is 5.18. The van der Waals surface area contributed by atoms with Crippen LogP contribution in [0.15, 0.2) is 59.9 Å². The Morgan fingerprint density at radius 3 is 2.58 bits per heavy atom. The lowest BCUT2D eigenvalue weighted by atomic mass is 10.2. The molecule has 1 fully saturated rings. The van der Waals surface area contributed by atoms with Crippen molar-refractivity contribution in [2.45, 2.75) is 5.16 Å². The van der Waals surface area contributed by atoms with Crippen molar-refractivity contribution in [1.29, 1.82) is 0 Å². The van der Waals surface area contributed by atoms with E-state index in [2.05, 4.69) is 25.1 Å². The van der Waals surface area contributed by atoms with Crippen molar-refractivity contribution in [2.24, 2.45) is 0 Å². The van der Waals surface area contributed by atoms with Crippen molar-refractivity contribution >= 4 is 46.5 Å². The molecule has 1 N–H and O–H groups in total. The highest BCUT2D eigenvalue weighted by molar-refractivity contribution is 7.99. The third-order valence-corrected chi connectivity index (χ3v) is 6.28. The number of anilines is 3. The number of nitrogens with zero attached hydrogens (tertiary/aromatic N) is 4. The maximum Gasteiger partial charge on any atom is 0.234 e. The molecule has 0 atom stereocenters. The molecule has 0 unspecified atom stereocenters. The smallest absolute Gasteiger partial charge is 0.234 e. The van der Waals surface area contributed by atoms with E-state index in [4.69, 9.17) is 16.3 Å². The molecule has 1 saturated heterocycles. The first-order valence-electron chi connectivity index (χ1n) is 10.4. The largest absolute Gasteiger partial charge is 0.495 e. The van der Waals surface area contributed by atoms with Crippen LogP contribution in [0.25, 0.3) is 0 Å². The summed E-state index contributed by atoms with van der Waals surface area (Å²) in [6.45, 7) is 3.19. The Hall–Kier alpha value is -3.04. The van der Waals surface area contributed by atoms with Crippen LogP contribution in [-0.4, -0.2) is 54.9 Å². The zero-order valence-corrected chi connectivity index (χ0v) is 19.6. The molecule has 4 rings (SSSR count).